The van der Waals surface area contributed by atoms with Crippen LogP contribution in [0.15, 0.2) is 30.3 Å². The van der Waals surface area contributed by atoms with Gasteiger partial charge in [0.15, 0.2) is 0 Å². The van der Waals surface area contributed by atoms with Gasteiger partial charge in [-0.3, -0.25) is 14.4 Å². The molecule has 0 saturated carbocycles. The zero-order valence-corrected chi connectivity index (χ0v) is 18.7. The van der Waals surface area contributed by atoms with Gasteiger partial charge in [0, 0.05) is 26.4 Å². The molecule has 0 bridgehead atoms. The molecule has 0 radical (unpaired) electrons. The number of primary amides is 1. The number of carbonyl (C=O) groups excluding carboxylic acids is 4. The SMILES string of the molecule is CN(CCC(N)=O)C(=O)[C@H](CCCC(=O)OCc1ccccc1)NC(=O)OC(C)(C)C. The number of hydrogen-bond acceptors (Lipinski definition) is 6. The minimum atomic E-state index is -0.908. The molecule has 0 aliphatic rings. The van der Waals surface area contributed by atoms with Crippen LogP contribution in [0.25, 0.3) is 0 Å². The summed E-state index contributed by atoms with van der Waals surface area (Å²) >= 11 is 0. The largest absolute Gasteiger partial charge is 0.461 e. The molecule has 0 heterocycles. The summed E-state index contributed by atoms with van der Waals surface area (Å²) in [5.74, 6) is -1.32. The number of rotatable bonds is 11. The molecule has 0 aliphatic heterocycles. The smallest absolute Gasteiger partial charge is 0.408 e. The fourth-order valence-electron chi connectivity index (χ4n) is 2.62. The second-order valence-corrected chi connectivity index (χ2v) is 8.21. The topological polar surface area (TPSA) is 128 Å². The Balaban J connectivity index is 2.61. The Morgan fingerprint density at radius 3 is 2.32 bits per heavy atom. The average Bonchev–Trinajstić information content (AvgIpc) is 2.68. The highest BCUT2D eigenvalue weighted by atomic mass is 16.6. The summed E-state index contributed by atoms with van der Waals surface area (Å²) in [6.07, 6.45) is -0.103. The van der Waals surface area contributed by atoms with Crippen LogP contribution >= 0.6 is 0 Å². The first kappa shape index (κ1) is 25.9. The van der Waals surface area contributed by atoms with Crippen molar-refractivity contribution in [3.63, 3.8) is 0 Å². The molecule has 1 atom stereocenters. The van der Waals surface area contributed by atoms with Gasteiger partial charge in [-0.15, -0.1) is 0 Å². The summed E-state index contributed by atoms with van der Waals surface area (Å²) in [7, 11) is 1.52. The van der Waals surface area contributed by atoms with Crippen LogP contribution in [0.2, 0.25) is 0 Å². The number of likely N-dealkylation sites (N-methyl/N-ethyl adjacent to an activating group) is 1. The number of nitrogens with zero attached hydrogens (tertiary/aromatic N) is 1. The standard InChI is InChI=1S/C22H33N3O6/c1-22(2,3)31-21(29)24-17(20(28)25(4)14-13-18(23)26)11-8-12-19(27)30-15-16-9-6-5-7-10-16/h5-7,9-10,17H,8,11-15H2,1-4H3,(H2,23,26)(H,24,29)/t17-/m0/s1. The third kappa shape index (κ3) is 11.6. The van der Waals surface area contributed by atoms with Crippen LogP contribution in [-0.2, 0) is 30.5 Å². The third-order valence-corrected chi connectivity index (χ3v) is 4.18. The molecule has 0 spiro atoms. The second kappa shape index (κ2) is 12.6. The summed E-state index contributed by atoms with van der Waals surface area (Å²) < 4.78 is 10.5. The maximum absolute atomic E-state index is 12.7. The number of carbonyl (C=O) groups is 4. The Hall–Kier alpha value is -3.10. The summed E-state index contributed by atoms with van der Waals surface area (Å²) in [5.41, 5.74) is 5.29. The van der Waals surface area contributed by atoms with E-state index in [0.717, 1.165) is 5.56 Å². The maximum atomic E-state index is 12.7. The lowest BCUT2D eigenvalue weighted by molar-refractivity contribution is -0.145. The number of hydrogen-bond donors (Lipinski definition) is 2. The van der Waals surface area contributed by atoms with Crippen molar-refractivity contribution in [3.05, 3.63) is 35.9 Å². The summed E-state index contributed by atoms with van der Waals surface area (Å²) in [5, 5.41) is 2.55. The fourth-order valence-corrected chi connectivity index (χ4v) is 2.62. The number of amides is 3. The van der Waals surface area contributed by atoms with E-state index < -0.39 is 35.5 Å². The van der Waals surface area contributed by atoms with Gasteiger partial charge in [0.2, 0.25) is 11.8 Å². The van der Waals surface area contributed by atoms with E-state index in [1.807, 2.05) is 30.3 Å². The molecule has 3 N–H and O–H groups in total. The zero-order valence-electron chi connectivity index (χ0n) is 18.7. The average molecular weight is 436 g/mol. The predicted molar refractivity (Wildman–Crippen MR) is 115 cm³/mol. The van der Waals surface area contributed by atoms with Crippen LogP contribution < -0.4 is 11.1 Å². The highest BCUT2D eigenvalue weighted by Crippen LogP contribution is 2.11. The molecule has 0 saturated heterocycles. The van der Waals surface area contributed by atoms with Gasteiger partial charge < -0.3 is 25.4 Å². The van der Waals surface area contributed by atoms with E-state index in [2.05, 4.69) is 5.32 Å². The van der Waals surface area contributed by atoms with Crippen LogP contribution in [0.5, 0.6) is 0 Å². The summed E-state index contributed by atoms with van der Waals surface area (Å²) in [4.78, 5) is 49.2. The van der Waals surface area contributed by atoms with Crippen LogP contribution in [-0.4, -0.2) is 54.0 Å². The molecular weight excluding hydrogens is 402 g/mol. The van der Waals surface area contributed by atoms with Gasteiger partial charge in [-0.05, 0) is 39.2 Å². The van der Waals surface area contributed by atoms with E-state index in [-0.39, 0.29) is 32.4 Å². The Morgan fingerprint density at radius 2 is 1.74 bits per heavy atom. The van der Waals surface area contributed by atoms with Crippen molar-refractivity contribution in [2.75, 3.05) is 13.6 Å². The highest BCUT2D eigenvalue weighted by molar-refractivity contribution is 5.86. The van der Waals surface area contributed by atoms with Crippen LogP contribution in [0, 0.1) is 0 Å². The number of nitrogens with two attached hydrogens (primary N) is 1. The van der Waals surface area contributed by atoms with Crippen LogP contribution in [0.3, 0.4) is 0 Å². The normalized spacial score (nSPS) is 11.9. The van der Waals surface area contributed by atoms with Crippen LogP contribution in [0.1, 0.15) is 52.0 Å². The van der Waals surface area contributed by atoms with E-state index in [1.165, 1.54) is 11.9 Å². The highest BCUT2D eigenvalue weighted by Gasteiger charge is 2.26. The summed E-state index contributed by atoms with van der Waals surface area (Å²) in [6.45, 7) is 5.44. The van der Waals surface area contributed by atoms with E-state index in [4.69, 9.17) is 15.2 Å². The Kier molecular flexibility index (Phi) is 10.5. The lowest BCUT2D eigenvalue weighted by Gasteiger charge is -2.26. The van der Waals surface area contributed by atoms with E-state index in [9.17, 15) is 19.2 Å². The van der Waals surface area contributed by atoms with Crippen molar-refractivity contribution >= 4 is 23.9 Å². The molecule has 9 nitrogen and oxygen atoms in total. The molecule has 3 amide bonds. The van der Waals surface area contributed by atoms with Gasteiger partial charge in [0.05, 0.1) is 0 Å². The Bertz CT molecular complexity index is 745. The van der Waals surface area contributed by atoms with Crippen molar-refractivity contribution in [1.29, 1.82) is 0 Å². The molecular formula is C22H33N3O6. The number of nitrogens with one attached hydrogen (secondary N) is 1. The number of benzene rings is 1. The fraction of sp³-hybridized carbons (Fsp3) is 0.545. The quantitative estimate of drug-likeness (QED) is 0.513. The zero-order chi connectivity index (χ0) is 23.4. The Morgan fingerprint density at radius 1 is 1.10 bits per heavy atom. The van der Waals surface area contributed by atoms with E-state index in [1.54, 1.807) is 20.8 Å². The molecule has 0 aromatic heterocycles. The lowest BCUT2D eigenvalue weighted by atomic mass is 10.1. The van der Waals surface area contributed by atoms with E-state index >= 15 is 0 Å². The number of ether oxygens (including phenoxy) is 2. The first-order valence-electron chi connectivity index (χ1n) is 10.2. The first-order chi connectivity index (χ1) is 14.5. The third-order valence-electron chi connectivity index (χ3n) is 4.18. The molecule has 0 aliphatic carbocycles. The summed E-state index contributed by atoms with van der Waals surface area (Å²) in [6, 6.07) is 8.39. The van der Waals surface area contributed by atoms with Crippen molar-refractivity contribution < 1.29 is 28.7 Å². The van der Waals surface area contributed by atoms with Crippen LogP contribution in [0.4, 0.5) is 4.79 Å². The Labute approximate surface area is 183 Å². The molecule has 1 rings (SSSR count). The molecule has 31 heavy (non-hydrogen) atoms. The monoisotopic (exact) mass is 435 g/mol. The predicted octanol–water partition coefficient (Wildman–Crippen LogP) is 2.13. The van der Waals surface area contributed by atoms with Gasteiger partial charge in [0.1, 0.15) is 18.2 Å². The maximum Gasteiger partial charge on any atom is 0.408 e. The molecule has 1 aromatic rings. The van der Waals surface area contributed by atoms with Gasteiger partial charge >= 0.3 is 12.1 Å². The molecule has 172 valence electrons. The van der Waals surface area contributed by atoms with Gasteiger partial charge in [-0.25, -0.2) is 4.79 Å². The van der Waals surface area contributed by atoms with Gasteiger partial charge in [0.25, 0.3) is 0 Å². The van der Waals surface area contributed by atoms with Crippen molar-refractivity contribution in [2.45, 2.75) is 64.7 Å². The molecule has 9 heteroatoms. The van der Waals surface area contributed by atoms with Crippen molar-refractivity contribution in [3.8, 4) is 0 Å². The molecule has 0 fully saturated rings. The van der Waals surface area contributed by atoms with E-state index in [0.29, 0.717) is 6.42 Å². The van der Waals surface area contributed by atoms with Gasteiger partial charge in [-0.2, -0.15) is 0 Å². The first-order valence-corrected chi connectivity index (χ1v) is 10.2. The lowest BCUT2D eigenvalue weighted by Crippen LogP contribution is -2.49. The number of alkyl carbamates (subject to hydrolysis) is 1. The minimum absolute atomic E-state index is 0.00715. The second-order valence-electron chi connectivity index (χ2n) is 8.21. The minimum Gasteiger partial charge on any atom is -0.461 e. The van der Waals surface area contributed by atoms with Crippen molar-refractivity contribution in [2.24, 2.45) is 5.73 Å². The molecule has 1 aromatic carbocycles. The molecule has 0 unspecified atom stereocenters. The van der Waals surface area contributed by atoms with Gasteiger partial charge in [-0.1, -0.05) is 30.3 Å². The van der Waals surface area contributed by atoms with Crippen molar-refractivity contribution in [1.82, 2.24) is 10.2 Å². The number of esters is 1.